The minimum absolute atomic E-state index is 0.0594. The van der Waals surface area contributed by atoms with E-state index in [-0.39, 0.29) is 11.8 Å². The van der Waals surface area contributed by atoms with Crippen LogP contribution in [-0.4, -0.2) is 47.8 Å². The maximum atomic E-state index is 13.0. The molecule has 2 heterocycles. The Balaban J connectivity index is 1.58. The first kappa shape index (κ1) is 18.0. The third-order valence-electron chi connectivity index (χ3n) is 4.84. The summed E-state index contributed by atoms with van der Waals surface area (Å²) in [7, 11) is 0. The van der Waals surface area contributed by atoms with Gasteiger partial charge in [0.2, 0.25) is 11.8 Å². The molecule has 0 saturated carbocycles. The molecule has 0 aliphatic carbocycles. The van der Waals surface area contributed by atoms with E-state index in [4.69, 9.17) is 4.42 Å². The molecule has 1 aliphatic heterocycles. The quantitative estimate of drug-likeness (QED) is 0.795. The highest BCUT2D eigenvalue weighted by Crippen LogP contribution is 2.26. The minimum Gasteiger partial charge on any atom is -0.465 e. The van der Waals surface area contributed by atoms with Gasteiger partial charge >= 0.3 is 0 Å². The van der Waals surface area contributed by atoms with Crippen molar-refractivity contribution in [3.05, 3.63) is 66.1 Å². The second-order valence-electron chi connectivity index (χ2n) is 6.96. The number of furan rings is 1. The molecule has 26 heavy (non-hydrogen) atoms. The summed E-state index contributed by atoms with van der Waals surface area (Å²) >= 11 is 0. The molecule has 1 aliphatic rings. The van der Waals surface area contributed by atoms with Crippen LogP contribution in [0.25, 0.3) is 6.08 Å². The van der Waals surface area contributed by atoms with Gasteiger partial charge in [-0.2, -0.15) is 0 Å². The molecular weight excluding hydrogens is 328 g/mol. The van der Waals surface area contributed by atoms with E-state index in [1.54, 1.807) is 29.4 Å². The van der Waals surface area contributed by atoms with Crippen molar-refractivity contribution in [2.75, 3.05) is 26.2 Å². The number of nitrogens with zero attached hydrogens (tertiary/aromatic N) is 2. The van der Waals surface area contributed by atoms with Gasteiger partial charge in [0.1, 0.15) is 5.76 Å². The molecule has 1 aromatic carbocycles. The van der Waals surface area contributed by atoms with E-state index >= 15 is 0 Å². The van der Waals surface area contributed by atoms with Gasteiger partial charge < -0.3 is 14.2 Å². The van der Waals surface area contributed by atoms with Gasteiger partial charge in [-0.05, 0) is 37.6 Å². The summed E-state index contributed by atoms with van der Waals surface area (Å²) in [6.07, 6.45) is 4.76. The Hall–Kier alpha value is -2.82. The van der Waals surface area contributed by atoms with Crippen LogP contribution < -0.4 is 0 Å². The van der Waals surface area contributed by atoms with E-state index < -0.39 is 5.41 Å². The molecule has 0 bridgehead atoms. The van der Waals surface area contributed by atoms with Crippen LogP contribution >= 0.6 is 0 Å². The van der Waals surface area contributed by atoms with Crippen LogP contribution in [0.5, 0.6) is 0 Å². The zero-order valence-corrected chi connectivity index (χ0v) is 15.2. The van der Waals surface area contributed by atoms with Crippen molar-refractivity contribution in [1.82, 2.24) is 9.80 Å². The zero-order valence-electron chi connectivity index (χ0n) is 15.2. The number of piperazine rings is 1. The molecule has 1 fully saturated rings. The lowest BCUT2D eigenvalue weighted by Gasteiger charge is -2.38. The summed E-state index contributed by atoms with van der Waals surface area (Å²) in [5.74, 6) is 0.689. The van der Waals surface area contributed by atoms with Crippen LogP contribution in [0.3, 0.4) is 0 Å². The fourth-order valence-electron chi connectivity index (χ4n) is 3.15. The molecule has 5 nitrogen and oxygen atoms in total. The van der Waals surface area contributed by atoms with Crippen LogP contribution in [0.15, 0.2) is 59.2 Å². The molecule has 5 heteroatoms. The van der Waals surface area contributed by atoms with E-state index in [0.29, 0.717) is 31.9 Å². The molecule has 0 atom stereocenters. The number of hydrogen-bond donors (Lipinski definition) is 0. The maximum absolute atomic E-state index is 13.0. The SMILES string of the molecule is CC(C)(C(=O)N1CCN(C(=O)/C=C/c2ccco2)CC1)c1ccccc1. The Morgan fingerprint density at radius 3 is 2.23 bits per heavy atom. The lowest BCUT2D eigenvalue weighted by molar-refractivity contribution is -0.141. The van der Waals surface area contributed by atoms with Gasteiger partial charge in [0.05, 0.1) is 11.7 Å². The van der Waals surface area contributed by atoms with E-state index in [1.807, 2.05) is 49.1 Å². The number of rotatable bonds is 4. The van der Waals surface area contributed by atoms with E-state index in [1.165, 1.54) is 6.08 Å². The van der Waals surface area contributed by atoms with Crippen LogP contribution in [0.1, 0.15) is 25.2 Å². The Kier molecular flexibility index (Phi) is 5.26. The highest BCUT2D eigenvalue weighted by molar-refractivity contribution is 5.92. The number of hydrogen-bond acceptors (Lipinski definition) is 3. The highest BCUT2D eigenvalue weighted by atomic mass is 16.3. The Bertz CT molecular complexity index is 771. The minimum atomic E-state index is -0.577. The molecule has 1 saturated heterocycles. The maximum Gasteiger partial charge on any atom is 0.246 e. The van der Waals surface area contributed by atoms with Gasteiger partial charge in [-0.25, -0.2) is 0 Å². The van der Waals surface area contributed by atoms with Crippen molar-refractivity contribution in [2.45, 2.75) is 19.3 Å². The van der Waals surface area contributed by atoms with Crippen LogP contribution in [0, 0.1) is 0 Å². The Morgan fingerprint density at radius 1 is 0.962 bits per heavy atom. The molecule has 2 aromatic rings. The van der Waals surface area contributed by atoms with Crippen molar-refractivity contribution < 1.29 is 14.0 Å². The number of carbonyl (C=O) groups is 2. The fourth-order valence-corrected chi connectivity index (χ4v) is 3.15. The first-order valence-electron chi connectivity index (χ1n) is 8.84. The third kappa shape index (κ3) is 3.87. The largest absolute Gasteiger partial charge is 0.465 e. The summed E-state index contributed by atoms with van der Waals surface area (Å²) in [6.45, 7) is 6.09. The Morgan fingerprint density at radius 2 is 1.62 bits per heavy atom. The van der Waals surface area contributed by atoms with Crippen molar-refractivity contribution in [1.29, 1.82) is 0 Å². The summed E-state index contributed by atoms with van der Waals surface area (Å²) in [4.78, 5) is 28.9. The van der Waals surface area contributed by atoms with Crippen LogP contribution in [0.4, 0.5) is 0 Å². The molecule has 0 N–H and O–H groups in total. The summed E-state index contributed by atoms with van der Waals surface area (Å²) in [6, 6.07) is 13.4. The molecule has 1 aromatic heterocycles. The van der Waals surface area contributed by atoms with Gasteiger partial charge in [0.25, 0.3) is 0 Å². The van der Waals surface area contributed by atoms with Gasteiger partial charge in [-0.1, -0.05) is 30.3 Å². The fraction of sp³-hybridized carbons (Fsp3) is 0.333. The monoisotopic (exact) mass is 352 g/mol. The van der Waals surface area contributed by atoms with Gasteiger partial charge in [0.15, 0.2) is 0 Å². The molecule has 0 radical (unpaired) electrons. The number of amides is 2. The molecule has 136 valence electrons. The summed E-state index contributed by atoms with van der Waals surface area (Å²) in [5, 5.41) is 0. The van der Waals surface area contributed by atoms with E-state index in [0.717, 1.165) is 5.56 Å². The predicted octanol–water partition coefficient (Wildman–Crippen LogP) is 2.94. The normalized spacial score (nSPS) is 15.5. The highest BCUT2D eigenvalue weighted by Gasteiger charge is 2.35. The van der Waals surface area contributed by atoms with Gasteiger partial charge in [-0.3, -0.25) is 9.59 Å². The summed E-state index contributed by atoms with van der Waals surface area (Å²) in [5.41, 5.74) is 0.428. The topological polar surface area (TPSA) is 53.8 Å². The van der Waals surface area contributed by atoms with Gasteiger partial charge in [0, 0.05) is 32.3 Å². The van der Waals surface area contributed by atoms with Crippen molar-refractivity contribution in [2.24, 2.45) is 0 Å². The molecular formula is C21H24N2O3. The lowest BCUT2D eigenvalue weighted by Crippen LogP contribution is -2.54. The Labute approximate surface area is 153 Å². The molecule has 0 unspecified atom stereocenters. The number of carbonyl (C=O) groups excluding carboxylic acids is 2. The van der Waals surface area contributed by atoms with E-state index in [2.05, 4.69) is 0 Å². The lowest BCUT2D eigenvalue weighted by atomic mass is 9.83. The van der Waals surface area contributed by atoms with Gasteiger partial charge in [-0.15, -0.1) is 0 Å². The summed E-state index contributed by atoms with van der Waals surface area (Å²) < 4.78 is 5.19. The number of benzene rings is 1. The first-order chi connectivity index (χ1) is 12.5. The van der Waals surface area contributed by atoms with Crippen LogP contribution in [0.2, 0.25) is 0 Å². The molecule has 3 rings (SSSR count). The smallest absolute Gasteiger partial charge is 0.246 e. The standard InChI is InChI=1S/C21H24N2O3/c1-21(2,17-7-4-3-5-8-17)20(25)23-14-12-22(13-15-23)19(24)11-10-18-9-6-16-26-18/h3-11,16H,12-15H2,1-2H3/b11-10+. The average molecular weight is 352 g/mol. The molecule has 2 amide bonds. The van der Waals surface area contributed by atoms with Crippen LogP contribution in [-0.2, 0) is 15.0 Å². The second kappa shape index (κ2) is 7.60. The first-order valence-corrected chi connectivity index (χ1v) is 8.84. The third-order valence-corrected chi connectivity index (χ3v) is 4.84. The second-order valence-corrected chi connectivity index (χ2v) is 6.96. The zero-order chi connectivity index (χ0) is 18.6. The predicted molar refractivity (Wildman–Crippen MR) is 100 cm³/mol. The van der Waals surface area contributed by atoms with Crippen molar-refractivity contribution in [3.8, 4) is 0 Å². The average Bonchev–Trinajstić information content (AvgIpc) is 3.20. The van der Waals surface area contributed by atoms with Crippen molar-refractivity contribution in [3.63, 3.8) is 0 Å². The van der Waals surface area contributed by atoms with Crippen molar-refractivity contribution >= 4 is 17.9 Å². The molecule has 0 spiro atoms. The van der Waals surface area contributed by atoms with E-state index in [9.17, 15) is 9.59 Å².